The molecule has 6 nitrogen and oxygen atoms in total. The second-order valence-electron chi connectivity index (χ2n) is 8.96. The van der Waals surface area contributed by atoms with E-state index in [9.17, 15) is 13.2 Å². The summed E-state index contributed by atoms with van der Waals surface area (Å²) in [4.78, 5) is 17.5. The first kappa shape index (κ1) is 24.0. The number of amides is 1. The van der Waals surface area contributed by atoms with Crippen LogP contribution in [0.15, 0.2) is 71.6 Å². The smallest absolute Gasteiger partial charge is 0.262 e. The number of nitrogens with one attached hydrogen (secondary N) is 1. The van der Waals surface area contributed by atoms with E-state index in [4.69, 9.17) is 0 Å². The van der Waals surface area contributed by atoms with Crippen molar-refractivity contribution in [1.82, 2.24) is 9.80 Å². The molecule has 1 heterocycles. The summed E-state index contributed by atoms with van der Waals surface area (Å²) < 4.78 is 29.1. The summed E-state index contributed by atoms with van der Waals surface area (Å²) >= 11 is 0. The number of hydrogen-bond donors (Lipinski definition) is 1. The normalized spacial score (nSPS) is 14.7. The molecule has 3 aromatic carbocycles. The summed E-state index contributed by atoms with van der Waals surface area (Å²) in [6.07, 6.45) is 0. The Kier molecular flexibility index (Phi) is 7.05. The van der Waals surface area contributed by atoms with Crippen molar-refractivity contribution >= 4 is 21.6 Å². The van der Waals surface area contributed by atoms with E-state index in [1.54, 1.807) is 30.0 Å². The first-order valence-electron chi connectivity index (χ1n) is 11.5. The third-order valence-corrected chi connectivity index (χ3v) is 7.77. The van der Waals surface area contributed by atoms with Crippen LogP contribution >= 0.6 is 0 Å². The molecule has 0 spiro atoms. The lowest BCUT2D eigenvalue weighted by Crippen LogP contribution is -2.48. The molecule has 0 unspecified atom stereocenters. The second-order valence-corrected chi connectivity index (χ2v) is 10.6. The molecule has 1 fully saturated rings. The van der Waals surface area contributed by atoms with Crippen molar-refractivity contribution in [3.63, 3.8) is 0 Å². The van der Waals surface area contributed by atoms with E-state index >= 15 is 0 Å². The zero-order valence-corrected chi connectivity index (χ0v) is 20.7. The number of anilines is 1. The quantitative estimate of drug-likeness (QED) is 0.572. The van der Waals surface area contributed by atoms with Gasteiger partial charge in [0.1, 0.15) is 0 Å². The topological polar surface area (TPSA) is 69.7 Å². The van der Waals surface area contributed by atoms with Crippen LogP contribution in [0, 0.1) is 20.8 Å². The van der Waals surface area contributed by atoms with E-state index in [1.165, 1.54) is 11.6 Å². The summed E-state index contributed by atoms with van der Waals surface area (Å²) in [7, 11) is -3.84. The Morgan fingerprint density at radius 1 is 0.853 bits per heavy atom. The zero-order valence-electron chi connectivity index (χ0n) is 19.9. The largest absolute Gasteiger partial charge is 0.336 e. The highest BCUT2D eigenvalue weighted by molar-refractivity contribution is 7.92. The fourth-order valence-corrected chi connectivity index (χ4v) is 5.69. The highest BCUT2D eigenvalue weighted by Crippen LogP contribution is 2.24. The first-order chi connectivity index (χ1) is 16.2. The van der Waals surface area contributed by atoms with E-state index in [0.29, 0.717) is 29.9 Å². The van der Waals surface area contributed by atoms with E-state index in [2.05, 4.69) is 21.8 Å². The minimum absolute atomic E-state index is 0.126. The van der Waals surface area contributed by atoms with Gasteiger partial charge in [-0.1, -0.05) is 54.1 Å². The van der Waals surface area contributed by atoms with Gasteiger partial charge in [-0.2, -0.15) is 0 Å². The number of carbonyl (C=O) groups is 1. The Hall–Kier alpha value is -3.16. The lowest BCUT2D eigenvalue weighted by Gasteiger charge is -2.35. The van der Waals surface area contributed by atoms with Crippen molar-refractivity contribution in [3.8, 4) is 0 Å². The molecule has 0 radical (unpaired) electrons. The number of sulfonamides is 1. The molecule has 1 aliphatic heterocycles. The van der Waals surface area contributed by atoms with Crippen LogP contribution in [0.4, 0.5) is 5.69 Å². The SMILES string of the molecule is Cc1ccc(NS(=O)(=O)c2cc(C(=O)N3CCN(Cc4ccccc4)CC3)ccc2C)c(C)c1. The number of nitrogens with zero attached hydrogens (tertiary/aromatic N) is 2. The van der Waals surface area contributed by atoms with Gasteiger partial charge >= 0.3 is 0 Å². The molecular weight excluding hydrogens is 446 g/mol. The van der Waals surface area contributed by atoms with Crippen molar-refractivity contribution in [1.29, 1.82) is 0 Å². The van der Waals surface area contributed by atoms with Crippen molar-refractivity contribution in [2.24, 2.45) is 0 Å². The number of aryl methyl sites for hydroxylation is 3. The van der Waals surface area contributed by atoms with Crippen LogP contribution in [0.3, 0.4) is 0 Å². The summed E-state index contributed by atoms with van der Waals surface area (Å²) in [6.45, 7) is 9.23. The Bertz CT molecular complexity index is 1280. The number of piperazine rings is 1. The third kappa shape index (κ3) is 5.48. The van der Waals surface area contributed by atoms with Gasteiger partial charge in [0.2, 0.25) is 0 Å². The molecule has 0 atom stereocenters. The minimum atomic E-state index is -3.84. The molecule has 0 aromatic heterocycles. The Balaban J connectivity index is 1.46. The average Bonchev–Trinajstić information content (AvgIpc) is 2.82. The predicted molar refractivity (Wildman–Crippen MR) is 136 cm³/mol. The number of rotatable bonds is 6. The molecule has 0 aliphatic carbocycles. The Morgan fingerprint density at radius 3 is 2.24 bits per heavy atom. The van der Waals surface area contributed by atoms with Crippen LogP contribution in [0.25, 0.3) is 0 Å². The van der Waals surface area contributed by atoms with Gasteiger partial charge in [0.25, 0.3) is 15.9 Å². The van der Waals surface area contributed by atoms with E-state index in [-0.39, 0.29) is 10.8 Å². The third-order valence-electron chi connectivity index (χ3n) is 6.26. The lowest BCUT2D eigenvalue weighted by molar-refractivity contribution is 0.0628. The van der Waals surface area contributed by atoms with Crippen LogP contribution in [-0.2, 0) is 16.6 Å². The summed E-state index contributed by atoms with van der Waals surface area (Å²) in [5.41, 5.74) is 4.70. The van der Waals surface area contributed by atoms with Gasteiger partial charge in [0.05, 0.1) is 10.6 Å². The van der Waals surface area contributed by atoms with Crippen LogP contribution in [0.5, 0.6) is 0 Å². The molecule has 4 rings (SSSR count). The molecule has 1 amide bonds. The summed E-state index contributed by atoms with van der Waals surface area (Å²) in [5.74, 6) is -0.137. The Morgan fingerprint density at radius 2 is 1.56 bits per heavy atom. The van der Waals surface area contributed by atoms with Crippen LogP contribution in [-0.4, -0.2) is 50.3 Å². The highest BCUT2D eigenvalue weighted by atomic mass is 32.2. The number of benzene rings is 3. The minimum Gasteiger partial charge on any atom is -0.336 e. The predicted octanol–water partition coefficient (Wildman–Crippen LogP) is 4.37. The molecule has 0 bridgehead atoms. The molecule has 3 aromatic rings. The van der Waals surface area contributed by atoms with Gasteiger partial charge in [-0.3, -0.25) is 14.4 Å². The summed E-state index contributed by atoms with van der Waals surface area (Å²) in [5, 5.41) is 0. The number of carbonyl (C=O) groups excluding carboxylic acids is 1. The maximum atomic E-state index is 13.2. The Labute approximate surface area is 202 Å². The van der Waals surface area contributed by atoms with Gasteiger partial charge in [-0.25, -0.2) is 8.42 Å². The molecule has 1 N–H and O–H groups in total. The maximum absolute atomic E-state index is 13.2. The van der Waals surface area contributed by atoms with E-state index in [0.717, 1.165) is 30.8 Å². The van der Waals surface area contributed by atoms with Crippen molar-refractivity contribution in [2.45, 2.75) is 32.2 Å². The second kappa shape index (κ2) is 9.99. The van der Waals surface area contributed by atoms with E-state index in [1.807, 2.05) is 44.2 Å². The average molecular weight is 478 g/mol. The monoisotopic (exact) mass is 477 g/mol. The molecule has 7 heteroatoms. The van der Waals surface area contributed by atoms with Gasteiger partial charge in [0, 0.05) is 38.3 Å². The molecule has 1 saturated heterocycles. The molecule has 178 valence electrons. The van der Waals surface area contributed by atoms with Crippen LogP contribution in [0.1, 0.15) is 32.6 Å². The molecular formula is C27H31N3O3S. The van der Waals surface area contributed by atoms with Gasteiger partial charge < -0.3 is 4.90 Å². The maximum Gasteiger partial charge on any atom is 0.262 e. The van der Waals surface area contributed by atoms with Crippen LogP contribution < -0.4 is 4.72 Å². The van der Waals surface area contributed by atoms with Crippen LogP contribution in [0.2, 0.25) is 0 Å². The molecule has 0 saturated carbocycles. The van der Waals surface area contributed by atoms with Crippen molar-refractivity contribution in [2.75, 3.05) is 30.9 Å². The van der Waals surface area contributed by atoms with Crippen molar-refractivity contribution < 1.29 is 13.2 Å². The standard InChI is InChI=1S/C27H31N3O3S/c1-20-9-12-25(22(3)17-20)28-34(32,33)26-18-24(11-10-21(26)2)27(31)30-15-13-29(14-16-30)19-23-7-5-4-6-8-23/h4-12,17-18,28H,13-16,19H2,1-3H3. The molecule has 34 heavy (non-hydrogen) atoms. The fourth-order valence-electron chi connectivity index (χ4n) is 4.28. The first-order valence-corrected chi connectivity index (χ1v) is 13.0. The van der Waals surface area contributed by atoms with Gasteiger partial charge in [-0.15, -0.1) is 0 Å². The van der Waals surface area contributed by atoms with Gasteiger partial charge in [0.15, 0.2) is 0 Å². The zero-order chi connectivity index (χ0) is 24.3. The lowest BCUT2D eigenvalue weighted by atomic mass is 10.1. The highest BCUT2D eigenvalue weighted by Gasteiger charge is 2.25. The van der Waals surface area contributed by atoms with Gasteiger partial charge in [-0.05, 0) is 55.7 Å². The number of hydrogen-bond acceptors (Lipinski definition) is 4. The summed E-state index contributed by atoms with van der Waals surface area (Å²) in [6, 6.07) is 20.8. The fraction of sp³-hybridized carbons (Fsp3) is 0.296. The molecule has 1 aliphatic rings. The van der Waals surface area contributed by atoms with Crippen molar-refractivity contribution in [3.05, 3.63) is 94.5 Å². The van der Waals surface area contributed by atoms with E-state index < -0.39 is 10.0 Å².